The van der Waals surface area contributed by atoms with Crippen molar-refractivity contribution in [3.05, 3.63) is 22.9 Å². The first kappa shape index (κ1) is 12.3. The van der Waals surface area contributed by atoms with Crippen LogP contribution in [0.3, 0.4) is 0 Å². The molecular weight excluding hydrogens is 278 g/mol. The molecule has 3 heteroatoms. The van der Waals surface area contributed by atoms with Crippen molar-refractivity contribution in [1.82, 2.24) is 4.98 Å². The summed E-state index contributed by atoms with van der Waals surface area (Å²) in [6.07, 6.45) is 7.61. The molecule has 0 amide bonds. The van der Waals surface area contributed by atoms with Crippen molar-refractivity contribution in [1.29, 1.82) is 0 Å². The molecule has 86 valence electrons. The lowest BCUT2D eigenvalue weighted by molar-refractivity contribution is 0.293. The van der Waals surface area contributed by atoms with Gasteiger partial charge >= 0.3 is 0 Å². The quantitative estimate of drug-likeness (QED) is 0.600. The minimum atomic E-state index is 0.508. The highest BCUT2D eigenvalue weighted by molar-refractivity contribution is 9.10. The normalized spacial score (nSPS) is 30.3. The topological polar surface area (TPSA) is 12.9 Å². The number of hydrogen-bond donors (Lipinski definition) is 0. The molecule has 2 atom stereocenters. The van der Waals surface area contributed by atoms with Crippen molar-refractivity contribution < 1.29 is 0 Å². The molecule has 1 nitrogen and oxygen atoms in total. The molecule has 16 heavy (non-hydrogen) atoms. The Morgan fingerprint density at radius 1 is 1.44 bits per heavy atom. The van der Waals surface area contributed by atoms with E-state index >= 15 is 0 Å². The zero-order chi connectivity index (χ0) is 11.6. The lowest BCUT2D eigenvalue weighted by atomic mass is 9.81. The van der Waals surface area contributed by atoms with E-state index in [4.69, 9.17) is 0 Å². The number of pyridine rings is 1. The molecule has 0 bridgehead atoms. The zero-order valence-corrected chi connectivity index (χ0v) is 12.5. The molecule has 2 radical (unpaired) electrons. The maximum absolute atomic E-state index is 4.32. The minimum Gasteiger partial charge on any atom is -0.250 e. The average Bonchev–Trinajstić information content (AvgIpc) is 2.26. The summed E-state index contributed by atoms with van der Waals surface area (Å²) in [5.41, 5.74) is 0. The Kier molecular flexibility index (Phi) is 3.85. The van der Waals surface area contributed by atoms with E-state index < -0.39 is 0 Å². The second-order valence-corrected chi connectivity index (χ2v) is 7.84. The van der Waals surface area contributed by atoms with E-state index in [-0.39, 0.29) is 0 Å². The van der Waals surface area contributed by atoms with Crippen LogP contribution in [0, 0.1) is 5.92 Å². The molecule has 1 heterocycles. The average molecular weight is 296 g/mol. The number of nitrogens with zero attached hydrogens (tertiary/aromatic N) is 1. The molecule has 1 fully saturated rings. The van der Waals surface area contributed by atoms with Crippen LogP contribution in [0.4, 0.5) is 0 Å². The first-order valence-electron chi connectivity index (χ1n) is 6.00. The van der Waals surface area contributed by atoms with Gasteiger partial charge in [0.25, 0.3) is 0 Å². The highest BCUT2D eigenvalue weighted by atomic mass is 79.9. The molecule has 2 unspecified atom stereocenters. The molecule has 0 spiro atoms. The van der Waals surface area contributed by atoms with E-state index in [1.807, 2.05) is 6.20 Å². The largest absolute Gasteiger partial charge is 0.250 e. The summed E-state index contributed by atoms with van der Waals surface area (Å²) < 4.78 is 0.933. The summed E-state index contributed by atoms with van der Waals surface area (Å²) in [4.78, 5) is 4.32. The lowest BCUT2D eigenvalue weighted by Crippen LogP contribution is -2.35. The van der Waals surface area contributed by atoms with Crippen LogP contribution in [0.25, 0.3) is 0 Å². The maximum atomic E-state index is 4.32. The van der Waals surface area contributed by atoms with E-state index in [1.54, 1.807) is 0 Å². The van der Waals surface area contributed by atoms with Crippen LogP contribution in [0.1, 0.15) is 39.5 Å². The van der Waals surface area contributed by atoms with Gasteiger partial charge in [0.05, 0.1) is 9.52 Å². The Hall–Kier alpha value is -0.153. The van der Waals surface area contributed by atoms with Crippen LogP contribution >= 0.6 is 15.9 Å². The highest BCUT2D eigenvalue weighted by Crippen LogP contribution is 2.45. The van der Waals surface area contributed by atoms with Crippen molar-refractivity contribution in [2.24, 2.45) is 5.92 Å². The smallest absolute Gasteiger partial charge is 0.106 e. The molecule has 0 aromatic carbocycles. The Labute approximate surface area is 109 Å². The van der Waals surface area contributed by atoms with Gasteiger partial charge in [0.1, 0.15) is 4.60 Å². The third kappa shape index (κ3) is 2.75. The molecule has 1 aromatic rings. The van der Waals surface area contributed by atoms with Crippen LogP contribution in [0.5, 0.6) is 0 Å². The van der Waals surface area contributed by atoms with E-state index in [1.165, 1.54) is 30.9 Å². The third-order valence-corrected chi connectivity index (χ3v) is 6.20. The SMILES string of the molecule is CC1CCCCC1(C)[Si]c1ccc(Br)nc1. The summed E-state index contributed by atoms with van der Waals surface area (Å²) in [6.45, 7) is 4.87. The fraction of sp³-hybridized carbons (Fsp3) is 0.615. The predicted octanol–water partition coefficient (Wildman–Crippen LogP) is 3.56. The standard InChI is InChI=1S/C13H18BrNSi/c1-10-5-3-4-8-13(10,2)16-11-6-7-12(14)15-9-11/h6-7,9-10H,3-5,8H2,1-2H3. The molecule has 0 saturated heterocycles. The Morgan fingerprint density at radius 2 is 2.25 bits per heavy atom. The number of halogens is 1. The second-order valence-electron chi connectivity index (χ2n) is 5.06. The highest BCUT2D eigenvalue weighted by Gasteiger charge is 2.34. The summed E-state index contributed by atoms with van der Waals surface area (Å²) >= 11 is 3.39. The van der Waals surface area contributed by atoms with Crippen molar-refractivity contribution in [2.75, 3.05) is 0 Å². The Bertz CT molecular complexity index is 351. The van der Waals surface area contributed by atoms with Gasteiger partial charge in [0.15, 0.2) is 0 Å². The van der Waals surface area contributed by atoms with Gasteiger partial charge in [-0.3, -0.25) is 0 Å². The molecule has 0 N–H and O–H groups in total. The number of hydrogen-bond acceptors (Lipinski definition) is 1. The van der Waals surface area contributed by atoms with Crippen LogP contribution < -0.4 is 5.19 Å². The first-order chi connectivity index (χ1) is 7.60. The van der Waals surface area contributed by atoms with Gasteiger partial charge in [-0.25, -0.2) is 4.98 Å². The summed E-state index contributed by atoms with van der Waals surface area (Å²) in [5.74, 6) is 0.850. The second kappa shape index (κ2) is 5.01. The van der Waals surface area contributed by atoms with Gasteiger partial charge in [-0.05, 0) is 38.1 Å². The zero-order valence-electron chi connectivity index (χ0n) is 9.96. The fourth-order valence-corrected chi connectivity index (χ4v) is 4.36. The van der Waals surface area contributed by atoms with Gasteiger partial charge in [-0.2, -0.15) is 0 Å². The van der Waals surface area contributed by atoms with Gasteiger partial charge in [-0.1, -0.05) is 45.6 Å². The molecule has 2 rings (SSSR count). The summed E-state index contributed by atoms with van der Waals surface area (Å²) in [6, 6.07) is 4.27. The molecule has 1 aromatic heterocycles. The third-order valence-electron chi connectivity index (χ3n) is 3.83. The van der Waals surface area contributed by atoms with Gasteiger partial charge in [0.2, 0.25) is 0 Å². The van der Waals surface area contributed by atoms with Crippen molar-refractivity contribution >= 4 is 30.6 Å². The van der Waals surface area contributed by atoms with Crippen molar-refractivity contribution in [3.8, 4) is 0 Å². The fourth-order valence-electron chi connectivity index (χ4n) is 2.47. The lowest BCUT2D eigenvalue weighted by Gasteiger charge is -2.39. The van der Waals surface area contributed by atoms with Gasteiger partial charge in [0, 0.05) is 6.20 Å². The Balaban J connectivity index is 2.10. The van der Waals surface area contributed by atoms with Crippen LogP contribution in [-0.2, 0) is 0 Å². The molecule has 0 aliphatic heterocycles. The van der Waals surface area contributed by atoms with Gasteiger partial charge in [-0.15, -0.1) is 0 Å². The van der Waals surface area contributed by atoms with E-state index in [2.05, 4.69) is 46.9 Å². The number of aromatic nitrogens is 1. The minimum absolute atomic E-state index is 0.508. The van der Waals surface area contributed by atoms with Crippen LogP contribution in [-0.4, -0.2) is 14.5 Å². The van der Waals surface area contributed by atoms with Crippen LogP contribution in [0.15, 0.2) is 22.9 Å². The van der Waals surface area contributed by atoms with E-state index in [0.29, 0.717) is 5.04 Å². The molecular formula is C13H18BrNSi. The molecule has 1 aliphatic carbocycles. The first-order valence-corrected chi connectivity index (χ1v) is 7.79. The molecule has 1 saturated carbocycles. The van der Waals surface area contributed by atoms with Gasteiger partial charge < -0.3 is 0 Å². The number of rotatable bonds is 2. The monoisotopic (exact) mass is 295 g/mol. The summed E-state index contributed by atoms with van der Waals surface area (Å²) in [5, 5.41) is 1.91. The van der Waals surface area contributed by atoms with E-state index in [9.17, 15) is 0 Å². The van der Waals surface area contributed by atoms with Crippen molar-refractivity contribution in [3.63, 3.8) is 0 Å². The predicted molar refractivity (Wildman–Crippen MR) is 73.3 cm³/mol. The summed E-state index contributed by atoms with van der Waals surface area (Å²) in [7, 11) is 0.900. The van der Waals surface area contributed by atoms with Crippen molar-refractivity contribution in [2.45, 2.75) is 44.6 Å². The Morgan fingerprint density at radius 3 is 2.88 bits per heavy atom. The maximum Gasteiger partial charge on any atom is 0.106 e. The van der Waals surface area contributed by atoms with E-state index in [0.717, 1.165) is 20.0 Å². The molecule has 1 aliphatic rings. The van der Waals surface area contributed by atoms with Crippen LogP contribution in [0.2, 0.25) is 5.04 Å².